The summed E-state index contributed by atoms with van der Waals surface area (Å²) >= 11 is -1.69. The first-order valence-corrected chi connectivity index (χ1v) is 5.64. The molecule has 0 saturated carbocycles. The van der Waals surface area contributed by atoms with Crippen LogP contribution in [0, 0.1) is 0 Å². The number of unbranched alkanes of at least 4 members (excludes halogenated alkanes) is 3. The largest absolute Gasteiger partial charge is 0.389 e. The predicted molar refractivity (Wildman–Crippen MR) is 50.8 cm³/mol. The van der Waals surface area contributed by atoms with Crippen LogP contribution >= 0.6 is 0 Å². The van der Waals surface area contributed by atoms with E-state index in [2.05, 4.69) is 0 Å². The normalized spacial score (nSPS) is 12.8. The average molecular weight is 208 g/mol. The lowest BCUT2D eigenvalue weighted by Crippen LogP contribution is -2.02. The summed E-state index contributed by atoms with van der Waals surface area (Å²) in [5, 5.41) is 8.39. The lowest BCUT2D eigenvalue weighted by Gasteiger charge is -1.98. The molecule has 0 rings (SSSR count). The molecule has 0 fully saturated rings. The third kappa shape index (κ3) is 9.66. The van der Waals surface area contributed by atoms with Crippen LogP contribution in [0.2, 0.25) is 0 Å². The second kappa shape index (κ2) is 8.34. The highest BCUT2D eigenvalue weighted by Gasteiger charge is 1.99. The van der Waals surface area contributed by atoms with Crippen molar-refractivity contribution in [1.82, 2.24) is 0 Å². The minimum Gasteiger partial charge on any atom is -0.389 e. The molecule has 0 bridgehead atoms. The van der Waals surface area contributed by atoms with Gasteiger partial charge < -0.3 is 9.66 Å². The first-order chi connectivity index (χ1) is 6.16. The summed E-state index contributed by atoms with van der Waals surface area (Å²) in [6, 6.07) is 0. The molecule has 2 N–H and O–H groups in total. The number of aliphatic hydroxyl groups excluding tert-OH is 1. The van der Waals surface area contributed by atoms with E-state index in [0.29, 0.717) is 12.2 Å². The van der Waals surface area contributed by atoms with Gasteiger partial charge in [-0.05, 0) is 12.8 Å². The SMILES string of the molecule is O=C(CO)CCCCCCS(=O)O. The number of aliphatic hydroxyl groups is 1. The Morgan fingerprint density at radius 1 is 1.15 bits per heavy atom. The third-order valence-corrected chi connectivity index (χ3v) is 2.34. The van der Waals surface area contributed by atoms with Gasteiger partial charge in [-0.25, -0.2) is 4.21 Å². The van der Waals surface area contributed by atoms with E-state index in [-0.39, 0.29) is 12.4 Å². The molecule has 13 heavy (non-hydrogen) atoms. The number of carbonyl (C=O) groups is 1. The summed E-state index contributed by atoms with van der Waals surface area (Å²) in [6.07, 6.45) is 3.64. The fourth-order valence-electron chi connectivity index (χ4n) is 0.980. The maximum atomic E-state index is 10.6. The van der Waals surface area contributed by atoms with E-state index < -0.39 is 11.1 Å². The topological polar surface area (TPSA) is 74.6 Å². The molecule has 0 aliphatic rings. The Hall–Kier alpha value is -0.260. The Morgan fingerprint density at radius 3 is 2.31 bits per heavy atom. The predicted octanol–water partition coefficient (Wildman–Crippen LogP) is 0.720. The summed E-state index contributed by atoms with van der Waals surface area (Å²) in [4.78, 5) is 10.6. The van der Waals surface area contributed by atoms with Crippen molar-refractivity contribution in [2.24, 2.45) is 0 Å². The summed E-state index contributed by atoms with van der Waals surface area (Å²) in [7, 11) is 0. The first kappa shape index (κ1) is 12.7. The van der Waals surface area contributed by atoms with Gasteiger partial charge in [0.2, 0.25) is 0 Å². The lowest BCUT2D eigenvalue weighted by molar-refractivity contribution is -0.121. The van der Waals surface area contributed by atoms with Crippen LogP contribution in [0.3, 0.4) is 0 Å². The number of Topliss-reactive ketones (excluding diaryl/α,β-unsaturated/α-hetero) is 1. The second-order valence-corrected chi connectivity index (χ2v) is 3.94. The van der Waals surface area contributed by atoms with E-state index in [1.54, 1.807) is 0 Å². The van der Waals surface area contributed by atoms with Crippen LogP contribution < -0.4 is 0 Å². The van der Waals surface area contributed by atoms with Gasteiger partial charge in [-0.2, -0.15) is 0 Å². The summed E-state index contributed by atoms with van der Waals surface area (Å²) in [6.45, 7) is -0.374. The van der Waals surface area contributed by atoms with Gasteiger partial charge in [0.05, 0.1) is 0 Å². The molecule has 0 aliphatic carbocycles. The first-order valence-electron chi connectivity index (χ1n) is 4.37. The zero-order valence-electron chi connectivity index (χ0n) is 7.57. The highest BCUT2D eigenvalue weighted by molar-refractivity contribution is 7.79. The van der Waals surface area contributed by atoms with Gasteiger partial charge in [0.25, 0.3) is 0 Å². The minimum atomic E-state index is -1.69. The van der Waals surface area contributed by atoms with Gasteiger partial charge in [-0.15, -0.1) is 0 Å². The van der Waals surface area contributed by atoms with Crippen LogP contribution in [-0.4, -0.2) is 32.0 Å². The van der Waals surface area contributed by atoms with Gasteiger partial charge in [-0.1, -0.05) is 12.8 Å². The highest BCUT2D eigenvalue weighted by Crippen LogP contribution is 2.03. The number of carbonyl (C=O) groups excluding carboxylic acids is 1. The summed E-state index contributed by atoms with van der Waals surface area (Å²) in [5.41, 5.74) is 0. The summed E-state index contributed by atoms with van der Waals surface area (Å²) < 4.78 is 18.6. The maximum Gasteiger partial charge on any atom is 0.158 e. The maximum absolute atomic E-state index is 10.6. The Balaban J connectivity index is 3.08. The van der Waals surface area contributed by atoms with Gasteiger partial charge >= 0.3 is 0 Å². The molecule has 78 valence electrons. The molecule has 5 heteroatoms. The molecule has 0 saturated heterocycles. The monoisotopic (exact) mass is 208 g/mol. The molecular formula is C8H16O4S. The smallest absolute Gasteiger partial charge is 0.158 e. The molecule has 4 nitrogen and oxygen atoms in total. The Morgan fingerprint density at radius 2 is 1.77 bits per heavy atom. The second-order valence-electron chi connectivity index (χ2n) is 2.89. The Bertz CT molecular complexity index is 170. The molecule has 0 aromatic rings. The van der Waals surface area contributed by atoms with Crippen LogP contribution in [0.15, 0.2) is 0 Å². The quantitative estimate of drug-likeness (QED) is 0.455. The molecule has 0 heterocycles. The Kier molecular flexibility index (Phi) is 8.18. The van der Waals surface area contributed by atoms with Crippen LogP contribution in [0.5, 0.6) is 0 Å². The van der Waals surface area contributed by atoms with Crippen molar-refractivity contribution in [2.45, 2.75) is 32.1 Å². The number of hydrogen-bond acceptors (Lipinski definition) is 3. The van der Waals surface area contributed by atoms with Gasteiger partial charge in [0.1, 0.15) is 6.61 Å². The number of rotatable bonds is 8. The van der Waals surface area contributed by atoms with E-state index in [1.807, 2.05) is 0 Å². The number of ketones is 1. The van der Waals surface area contributed by atoms with Crippen molar-refractivity contribution >= 4 is 16.9 Å². The fraction of sp³-hybridized carbons (Fsp3) is 0.875. The Labute approximate surface area is 80.6 Å². The van der Waals surface area contributed by atoms with Gasteiger partial charge in [0.15, 0.2) is 16.9 Å². The van der Waals surface area contributed by atoms with Crippen LogP contribution in [-0.2, 0) is 15.9 Å². The minimum absolute atomic E-state index is 0.134. The van der Waals surface area contributed by atoms with E-state index in [4.69, 9.17) is 9.66 Å². The van der Waals surface area contributed by atoms with Crippen LogP contribution in [0.4, 0.5) is 0 Å². The van der Waals surface area contributed by atoms with Crippen molar-refractivity contribution in [3.63, 3.8) is 0 Å². The zero-order chi connectivity index (χ0) is 10.1. The highest BCUT2D eigenvalue weighted by atomic mass is 32.2. The molecule has 0 amide bonds. The van der Waals surface area contributed by atoms with Gasteiger partial charge in [0, 0.05) is 12.2 Å². The molecule has 0 radical (unpaired) electrons. The molecular weight excluding hydrogens is 192 g/mol. The molecule has 1 unspecified atom stereocenters. The molecule has 1 atom stereocenters. The summed E-state index contributed by atoms with van der Waals surface area (Å²) in [5.74, 6) is 0.180. The van der Waals surface area contributed by atoms with E-state index in [1.165, 1.54) is 0 Å². The van der Waals surface area contributed by atoms with Crippen molar-refractivity contribution in [2.75, 3.05) is 12.4 Å². The molecule has 0 spiro atoms. The van der Waals surface area contributed by atoms with Crippen molar-refractivity contribution in [3.05, 3.63) is 0 Å². The van der Waals surface area contributed by atoms with E-state index in [9.17, 15) is 9.00 Å². The zero-order valence-corrected chi connectivity index (χ0v) is 8.39. The van der Waals surface area contributed by atoms with Gasteiger partial charge in [-0.3, -0.25) is 4.79 Å². The van der Waals surface area contributed by atoms with Crippen molar-refractivity contribution in [3.8, 4) is 0 Å². The molecule has 0 aromatic heterocycles. The fourth-order valence-corrected chi connectivity index (χ4v) is 1.43. The third-order valence-electron chi connectivity index (χ3n) is 1.70. The van der Waals surface area contributed by atoms with Crippen LogP contribution in [0.1, 0.15) is 32.1 Å². The lowest BCUT2D eigenvalue weighted by atomic mass is 10.1. The average Bonchev–Trinajstić information content (AvgIpc) is 2.10. The molecule has 0 aromatic carbocycles. The standard InChI is InChI=1S/C8H16O4S/c9-7-8(10)5-3-1-2-4-6-13(11)12/h9H,1-7H2,(H,11,12). The van der Waals surface area contributed by atoms with Crippen molar-refractivity contribution in [1.29, 1.82) is 0 Å². The van der Waals surface area contributed by atoms with Crippen molar-refractivity contribution < 1.29 is 18.7 Å². The van der Waals surface area contributed by atoms with E-state index >= 15 is 0 Å². The van der Waals surface area contributed by atoms with E-state index in [0.717, 1.165) is 25.7 Å². The number of hydrogen-bond donors (Lipinski definition) is 2. The van der Waals surface area contributed by atoms with Crippen LogP contribution in [0.25, 0.3) is 0 Å². The molecule has 0 aliphatic heterocycles.